The lowest BCUT2D eigenvalue weighted by molar-refractivity contribution is 0.00207. The van der Waals surface area contributed by atoms with Gasteiger partial charge in [-0.2, -0.15) is 0 Å². The lowest BCUT2D eigenvalue weighted by Crippen LogP contribution is -2.39. The Morgan fingerprint density at radius 2 is 1.85 bits per heavy atom. The third-order valence-corrected chi connectivity index (χ3v) is 6.71. The van der Waals surface area contributed by atoms with Crippen molar-refractivity contribution in [1.29, 1.82) is 0 Å². The van der Waals surface area contributed by atoms with E-state index >= 15 is 0 Å². The molecule has 4 heteroatoms. The average Bonchev–Trinajstić information content (AvgIpc) is 3.26. The van der Waals surface area contributed by atoms with Gasteiger partial charge in [0.15, 0.2) is 0 Å². The van der Waals surface area contributed by atoms with Gasteiger partial charge in [-0.05, 0) is 35.1 Å². The predicted octanol–water partition coefficient (Wildman–Crippen LogP) is 1.96. The van der Waals surface area contributed by atoms with Crippen LogP contribution in [0.4, 0.5) is 0 Å². The molecule has 2 heterocycles. The van der Waals surface area contributed by atoms with Crippen molar-refractivity contribution >= 4 is 0 Å². The zero-order valence-corrected chi connectivity index (χ0v) is 14.9. The van der Waals surface area contributed by atoms with E-state index in [-0.39, 0.29) is 6.04 Å². The van der Waals surface area contributed by atoms with Crippen LogP contribution in [-0.2, 0) is 17.6 Å². The van der Waals surface area contributed by atoms with E-state index in [1.165, 1.54) is 11.1 Å². The topological polar surface area (TPSA) is 64.5 Å². The minimum Gasteiger partial charge on any atom is -0.384 e. The van der Waals surface area contributed by atoms with Crippen molar-refractivity contribution in [2.24, 2.45) is 5.92 Å². The number of fused-ring (bicyclic) bond motifs is 3. The number of aryl methyl sites for hydroxylation is 1. The zero-order valence-electron chi connectivity index (χ0n) is 14.9. The van der Waals surface area contributed by atoms with Gasteiger partial charge >= 0.3 is 0 Å². The molecule has 2 aromatic carbocycles. The van der Waals surface area contributed by atoms with Gasteiger partial charge in [-0.3, -0.25) is 0 Å². The number of rotatable bonds is 2. The normalized spacial score (nSPS) is 35.9. The Hall–Kier alpha value is -1.72. The maximum absolute atomic E-state index is 11.1. The van der Waals surface area contributed by atoms with Gasteiger partial charge < -0.3 is 20.8 Å². The quantitative estimate of drug-likeness (QED) is 0.669. The van der Waals surface area contributed by atoms with Crippen molar-refractivity contribution in [2.75, 3.05) is 19.6 Å². The Bertz CT molecular complexity index is 824. The van der Waals surface area contributed by atoms with Crippen molar-refractivity contribution < 1.29 is 10.2 Å². The molecule has 2 aliphatic heterocycles. The van der Waals surface area contributed by atoms with Crippen molar-refractivity contribution in [2.45, 2.75) is 36.5 Å². The summed E-state index contributed by atoms with van der Waals surface area (Å²) in [6.07, 6.45) is 2.73. The molecule has 4 nitrogen and oxygen atoms in total. The second-order valence-corrected chi connectivity index (χ2v) is 8.24. The molecule has 136 valence electrons. The first-order valence-corrected chi connectivity index (χ1v) is 9.66. The van der Waals surface area contributed by atoms with Gasteiger partial charge in [-0.1, -0.05) is 48.5 Å². The van der Waals surface area contributed by atoms with Crippen molar-refractivity contribution in [1.82, 2.24) is 10.6 Å². The first-order valence-electron chi connectivity index (χ1n) is 9.66. The Morgan fingerprint density at radius 3 is 2.69 bits per heavy atom. The lowest BCUT2D eigenvalue weighted by atomic mass is 9.73. The molecule has 0 aromatic heterocycles. The Morgan fingerprint density at radius 1 is 1.00 bits per heavy atom. The van der Waals surface area contributed by atoms with Crippen molar-refractivity contribution in [3.05, 3.63) is 70.8 Å². The molecule has 4 unspecified atom stereocenters. The standard InChI is InChI=1S/C22H26N2O2/c25-21(17-4-2-1-3-5-17)11-20(24-13-21)16-7-9-19-15(10-16)6-8-18-12-23-14-22(18,19)26/h1-5,7,9-10,18,20,23-26H,6,8,11-14H2. The summed E-state index contributed by atoms with van der Waals surface area (Å²) in [6, 6.07) is 16.6. The van der Waals surface area contributed by atoms with E-state index in [1.807, 2.05) is 30.3 Å². The molecule has 0 bridgehead atoms. The first kappa shape index (κ1) is 16.5. The summed E-state index contributed by atoms with van der Waals surface area (Å²) in [7, 11) is 0. The predicted molar refractivity (Wildman–Crippen MR) is 101 cm³/mol. The summed E-state index contributed by atoms with van der Waals surface area (Å²) in [4.78, 5) is 0. The summed E-state index contributed by atoms with van der Waals surface area (Å²) >= 11 is 0. The van der Waals surface area contributed by atoms with E-state index in [4.69, 9.17) is 0 Å². The van der Waals surface area contributed by atoms with E-state index in [0.717, 1.165) is 30.5 Å². The van der Waals surface area contributed by atoms with Gasteiger partial charge in [0.1, 0.15) is 11.2 Å². The van der Waals surface area contributed by atoms with E-state index in [9.17, 15) is 10.2 Å². The number of nitrogens with one attached hydrogen (secondary N) is 2. The maximum Gasteiger partial charge on any atom is 0.106 e. The fraction of sp³-hybridized carbons (Fsp3) is 0.455. The number of benzene rings is 2. The molecule has 0 amide bonds. The molecular weight excluding hydrogens is 324 g/mol. The highest BCUT2D eigenvalue weighted by Crippen LogP contribution is 2.44. The van der Waals surface area contributed by atoms with Crippen LogP contribution in [0, 0.1) is 5.92 Å². The summed E-state index contributed by atoms with van der Waals surface area (Å²) in [6.45, 7) is 2.13. The molecule has 0 spiro atoms. The van der Waals surface area contributed by atoms with Crippen LogP contribution in [0.5, 0.6) is 0 Å². The fourth-order valence-electron chi connectivity index (χ4n) is 5.17. The molecule has 0 radical (unpaired) electrons. The van der Waals surface area contributed by atoms with Gasteiger partial charge in [0, 0.05) is 38.0 Å². The van der Waals surface area contributed by atoms with E-state index in [1.54, 1.807) is 0 Å². The van der Waals surface area contributed by atoms with Crippen LogP contribution in [0.1, 0.15) is 41.1 Å². The third-order valence-electron chi connectivity index (χ3n) is 6.71. The Kier molecular flexibility index (Phi) is 3.73. The van der Waals surface area contributed by atoms with Gasteiger partial charge in [-0.25, -0.2) is 0 Å². The second-order valence-electron chi connectivity index (χ2n) is 8.24. The van der Waals surface area contributed by atoms with Gasteiger partial charge in [0.2, 0.25) is 0 Å². The molecule has 5 rings (SSSR count). The highest BCUT2D eigenvalue weighted by atomic mass is 16.3. The molecular formula is C22H26N2O2. The molecule has 2 aromatic rings. The maximum atomic E-state index is 11.1. The van der Waals surface area contributed by atoms with Gasteiger partial charge in [0.25, 0.3) is 0 Å². The van der Waals surface area contributed by atoms with Crippen LogP contribution in [-0.4, -0.2) is 29.8 Å². The van der Waals surface area contributed by atoms with Crippen molar-refractivity contribution in [3.8, 4) is 0 Å². The molecule has 2 fully saturated rings. The van der Waals surface area contributed by atoms with Crippen LogP contribution in [0.2, 0.25) is 0 Å². The van der Waals surface area contributed by atoms with Crippen molar-refractivity contribution in [3.63, 3.8) is 0 Å². The monoisotopic (exact) mass is 350 g/mol. The minimum atomic E-state index is -0.819. The molecule has 3 aliphatic rings. The average molecular weight is 350 g/mol. The summed E-state index contributed by atoms with van der Waals surface area (Å²) in [5, 5.41) is 29.1. The van der Waals surface area contributed by atoms with E-state index < -0.39 is 11.2 Å². The molecule has 2 saturated heterocycles. The second kappa shape index (κ2) is 5.89. The highest BCUT2D eigenvalue weighted by Gasteiger charge is 2.46. The largest absolute Gasteiger partial charge is 0.384 e. The number of aliphatic hydroxyl groups is 2. The van der Waals surface area contributed by atoms with Crippen LogP contribution in [0.15, 0.2) is 48.5 Å². The third kappa shape index (κ3) is 2.44. The van der Waals surface area contributed by atoms with Crippen LogP contribution < -0.4 is 10.6 Å². The fourth-order valence-corrected chi connectivity index (χ4v) is 5.17. The molecule has 26 heavy (non-hydrogen) atoms. The number of hydrogen-bond donors (Lipinski definition) is 4. The summed E-state index contributed by atoms with van der Waals surface area (Å²) < 4.78 is 0. The zero-order chi connectivity index (χ0) is 17.8. The SMILES string of the molecule is OC1(c2ccccc2)CNC(c2ccc3c(c2)CCC2CNCC32O)C1. The highest BCUT2D eigenvalue weighted by molar-refractivity contribution is 5.42. The summed E-state index contributed by atoms with van der Waals surface area (Å²) in [5.74, 6) is 0.327. The molecule has 1 aliphatic carbocycles. The van der Waals surface area contributed by atoms with Crippen LogP contribution >= 0.6 is 0 Å². The number of β-amino-alcohol motifs (C(OH)–C–C–N with tert-alkyl or cyclic N) is 2. The number of hydrogen-bond acceptors (Lipinski definition) is 4. The molecule has 4 atom stereocenters. The van der Waals surface area contributed by atoms with Crippen LogP contribution in [0.3, 0.4) is 0 Å². The van der Waals surface area contributed by atoms with Gasteiger partial charge in [0.05, 0.1) is 0 Å². The van der Waals surface area contributed by atoms with E-state index in [2.05, 4.69) is 28.8 Å². The van der Waals surface area contributed by atoms with Gasteiger partial charge in [-0.15, -0.1) is 0 Å². The molecule has 4 N–H and O–H groups in total. The Balaban J connectivity index is 1.42. The summed E-state index contributed by atoms with van der Waals surface area (Å²) in [5.41, 5.74) is 3.02. The smallest absolute Gasteiger partial charge is 0.106 e. The van der Waals surface area contributed by atoms with E-state index in [0.29, 0.717) is 25.4 Å². The lowest BCUT2D eigenvalue weighted by Gasteiger charge is -2.36. The molecule has 0 saturated carbocycles. The first-order chi connectivity index (χ1) is 12.6. The Labute approximate surface area is 154 Å². The van der Waals surface area contributed by atoms with Crippen LogP contribution in [0.25, 0.3) is 0 Å². The minimum absolute atomic E-state index is 0.138.